The lowest BCUT2D eigenvalue weighted by molar-refractivity contribution is 0.380. The van der Waals surface area contributed by atoms with Crippen LogP contribution in [0.15, 0.2) is 6.07 Å². The molecular weight excluding hydrogens is 208 g/mol. The standard InChI is InChI=1S/C15H26N2/c1-11-9-15(13(3)17(11)4)10-16-12(2)14-7-5-6-8-14/h9,12,14,16H,5-8,10H2,1-4H3. The maximum atomic E-state index is 3.71. The van der Waals surface area contributed by atoms with Crippen molar-refractivity contribution in [2.45, 2.75) is 59.0 Å². The molecule has 2 rings (SSSR count). The van der Waals surface area contributed by atoms with E-state index in [1.54, 1.807) is 0 Å². The van der Waals surface area contributed by atoms with Gasteiger partial charge in [0.25, 0.3) is 0 Å². The van der Waals surface area contributed by atoms with Crippen molar-refractivity contribution in [2.24, 2.45) is 13.0 Å². The van der Waals surface area contributed by atoms with Crippen molar-refractivity contribution < 1.29 is 0 Å². The lowest BCUT2D eigenvalue weighted by atomic mass is 9.99. The van der Waals surface area contributed by atoms with Crippen LogP contribution in [0, 0.1) is 19.8 Å². The third-order valence-corrected chi connectivity index (χ3v) is 4.60. The summed E-state index contributed by atoms with van der Waals surface area (Å²) < 4.78 is 2.28. The van der Waals surface area contributed by atoms with Crippen molar-refractivity contribution in [3.8, 4) is 0 Å². The van der Waals surface area contributed by atoms with Gasteiger partial charge in [0, 0.05) is 31.0 Å². The van der Waals surface area contributed by atoms with E-state index in [0.717, 1.165) is 12.5 Å². The molecule has 0 spiro atoms. The van der Waals surface area contributed by atoms with Crippen LogP contribution in [0.4, 0.5) is 0 Å². The molecule has 1 aromatic rings. The summed E-state index contributed by atoms with van der Waals surface area (Å²) >= 11 is 0. The van der Waals surface area contributed by atoms with Crippen molar-refractivity contribution in [2.75, 3.05) is 0 Å². The quantitative estimate of drug-likeness (QED) is 0.845. The summed E-state index contributed by atoms with van der Waals surface area (Å²) in [5.74, 6) is 0.903. The van der Waals surface area contributed by atoms with E-state index in [1.165, 1.54) is 42.6 Å². The predicted molar refractivity (Wildman–Crippen MR) is 73.1 cm³/mol. The lowest BCUT2D eigenvalue weighted by Gasteiger charge is -2.20. The minimum absolute atomic E-state index is 0.664. The highest BCUT2D eigenvalue weighted by Crippen LogP contribution is 2.27. The zero-order chi connectivity index (χ0) is 12.4. The van der Waals surface area contributed by atoms with Crippen LogP contribution in [-0.2, 0) is 13.6 Å². The first kappa shape index (κ1) is 12.7. The van der Waals surface area contributed by atoms with Crippen LogP contribution >= 0.6 is 0 Å². The molecule has 17 heavy (non-hydrogen) atoms. The van der Waals surface area contributed by atoms with E-state index in [0.29, 0.717) is 6.04 Å². The second-order valence-electron chi connectivity index (χ2n) is 5.67. The number of aryl methyl sites for hydroxylation is 1. The second kappa shape index (κ2) is 5.26. The maximum Gasteiger partial charge on any atom is 0.0225 e. The van der Waals surface area contributed by atoms with Crippen molar-refractivity contribution in [3.63, 3.8) is 0 Å². The molecule has 0 aliphatic heterocycles. The average Bonchev–Trinajstić information content (AvgIpc) is 2.91. The van der Waals surface area contributed by atoms with Crippen molar-refractivity contribution in [3.05, 3.63) is 23.0 Å². The van der Waals surface area contributed by atoms with Crippen LogP contribution in [0.3, 0.4) is 0 Å². The molecule has 0 aromatic carbocycles. The minimum Gasteiger partial charge on any atom is -0.352 e. The molecule has 1 unspecified atom stereocenters. The van der Waals surface area contributed by atoms with Crippen LogP contribution in [0.5, 0.6) is 0 Å². The summed E-state index contributed by atoms with van der Waals surface area (Å²) in [7, 11) is 2.15. The van der Waals surface area contributed by atoms with Gasteiger partial charge in [-0.2, -0.15) is 0 Å². The smallest absolute Gasteiger partial charge is 0.0225 e. The molecule has 1 aliphatic carbocycles. The molecule has 0 radical (unpaired) electrons. The first-order chi connectivity index (χ1) is 8.09. The third kappa shape index (κ3) is 2.74. The fourth-order valence-corrected chi connectivity index (χ4v) is 3.01. The Morgan fingerprint density at radius 3 is 2.53 bits per heavy atom. The lowest BCUT2D eigenvalue weighted by Crippen LogP contribution is -2.31. The Bertz CT molecular complexity index is 373. The molecule has 1 saturated carbocycles. The van der Waals surface area contributed by atoms with Gasteiger partial charge in [-0.15, -0.1) is 0 Å². The molecule has 1 heterocycles. The fourth-order valence-electron chi connectivity index (χ4n) is 3.01. The summed E-state index contributed by atoms with van der Waals surface area (Å²) in [5.41, 5.74) is 4.20. The van der Waals surface area contributed by atoms with Crippen LogP contribution in [-0.4, -0.2) is 10.6 Å². The Morgan fingerprint density at radius 1 is 1.35 bits per heavy atom. The summed E-state index contributed by atoms with van der Waals surface area (Å²) in [6.45, 7) is 7.76. The fraction of sp³-hybridized carbons (Fsp3) is 0.733. The molecule has 1 aliphatic rings. The first-order valence-electron chi connectivity index (χ1n) is 6.94. The zero-order valence-corrected chi connectivity index (χ0v) is 11.7. The number of nitrogens with one attached hydrogen (secondary N) is 1. The topological polar surface area (TPSA) is 17.0 Å². The van der Waals surface area contributed by atoms with Crippen molar-refractivity contribution >= 4 is 0 Å². The summed E-state index contributed by atoms with van der Waals surface area (Å²) in [5, 5.41) is 3.71. The number of hydrogen-bond donors (Lipinski definition) is 1. The minimum atomic E-state index is 0.664. The normalized spacial score (nSPS) is 18.8. The second-order valence-corrected chi connectivity index (χ2v) is 5.67. The van der Waals surface area contributed by atoms with E-state index in [9.17, 15) is 0 Å². The molecule has 0 bridgehead atoms. The van der Waals surface area contributed by atoms with Gasteiger partial charge in [-0.05, 0) is 51.2 Å². The third-order valence-electron chi connectivity index (χ3n) is 4.60. The molecule has 0 saturated heterocycles. The first-order valence-corrected chi connectivity index (χ1v) is 6.94. The van der Waals surface area contributed by atoms with Gasteiger partial charge in [0.2, 0.25) is 0 Å². The predicted octanol–water partition coefficient (Wildman–Crippen LogP) is 3.31. The average molecular weight is 234 g/mol. The Morgan fingerprint density at radius 2 is 2.00 bits per heavy atom. The number of aromatic nitrogens is 1. The molecule has 2 heteroatoms. The highest BCUT2D eigenvalue weighted by molar-refractivity contribution is 5.26. The van der Waals surface area contributed by atoms with Crippen LogP contribution in [0.2, 0.25) is 0 Å². The van der Waals surface area contributed by atoms with E-state index in [4.69, 9.17) is 0 Å². The Balaban J connectivity index is 1.90. The van der Waals surface area contributed by atoms with Gasteiger partial charge in [-0.3, -0.25) is 0 Å². The van der Waals surface area contributed by atoms with Crippen molar-refractivity contribution in [1.29, 1.82) is 0 Å². The van der Waals surface area contributed by atoms with Crippen molar-refractivity contribution in [1.82, 2.24) is 9.88 Å². The molecule has 1 N–H and O–H groups in total. The molecule has 96 valence electrons. The zero-order valence-electron chi connectivity index (χ0n) is 11.7. The maximum absolute atomic E-state index is 3.71. The van der Waals surface area contributed by atoms with Gasteiger partial charge in [-0.1, -0.05) is 12.8 Å². The van der Waals surface area contributed by atoms with E-state index < -0.39 is 0 Å². The van der Waals surface area contributed by atoms with E-state index >= 15 is 0 Å². The molecule has 0 amide bonds. The number of hydrogen-bond acceptors (Lipinski definition) is 1. The number of rotatable bonds is 4. The molecule has 1 atom stereocenters. The highest BCUT2D eigenvalue weighted by Gasteiger charge is 2.21. The molecular formula is C15H26N2. The monoisotopic (exact) mass is 234 g/mol. The summed E-state index contributed by atoms with van der Waals surface area (Å²) in [4.78, 5) is 0. The van der Waals surface area contributed by atoms with E-state index in [2.05, 4.69) is 43.8 Å². The van der Waals surface area contributed by atoms with Gasteiger partial charge in [0.1, 0.15) is 0 Å². The molecule has 1 fully saturated rings. The van der Waals surface area contributed by atoms with E-state index in [1.807, 2.05) is 0 Å². The summed E-state index contributed by atoms with van der Waals surface area (Å²) in [6, 6.07) is 2.97. The summed E-state index contributed by atoms with van der Waals surface area (Å²) in [6.07, 6.45) is 5.70. The van der Waals surface area contributed by atoms with Gasteiger partial charge in [0.05, 0.1) is 0 Å². The Labute approximate surface area is 105 Å². The molecule has 1 aromatic heterocycles. The Hall–Kier alpha value is -0.760. The van der Waals surface area contributed by atoms with Crippen LogP contribution < -0.4 is 5.32 Å². The SMILES string of the molecule is Cc1cc(CNC(C)C2CCCC2)c(C)n1C. The van der Waals surface area contributed by atoms with E-state index in [-0.39, 0.29) is 0 Å². The molecule has 2 nitrogen and oxygen atoms in total. The van der Waals surface area contributed by atoms with Gasteiger partial charge >= 0.3 is 0 Å². The van der Waals surface area contributed by atoms with Crippen LogP contribution in [0.25, 0.3) is 0 Å². The Kier molecular flexibility index (Phi) is 3.93. The largest absolute Gasteiger partial charge is 0.352 e. The van der Waals surface area contributed by atoms with Crippen LogP contribution in [0.1, 0.15) is 49.6 Å². The number of nitrogens with zero attached hydrogens (tertiary/aromatic N) is 1. The van der Waals surface area contributed by atoms with Gasteiger partial charge < -0.3 is 9.88 Å². The highest BCUT2D eigenvalue weighted by atomic mass is 15.0. The van der Waals surface area contributed by atoms with Gasteiger partial charge in [-0.25, -0.2) is 0 Å². The van der Waals surface area contributed by atoms with Gasteiger partial charge in [0.15, 0.2) is 0 Å².